The Hall–Kier alpha value is -1.55. The van der Waals surface area contributed by atoms with Crippen LogP contribution in [0.1, 0.15) is 35.2 Å². The molecule has 0 bridgehead atoms. The number of benzene rings is 1. The van der Waals surface area contributed by atoms with E-state index in [2.05, 4.69) is 5.32 Å². The van der Waals surface area contributed by atoms with Crippen molar-refractivity contribution < 1.29 is 14.6 Å². The number of hydrogen-bond acceptors (Lipinski definition) is 3. The molecule has 98 valence electrons. The molecule has 18 heavy (non-hydrogen) atoms. The maximum Gasteiger partial charge on any atom is 0.255 e. The van der Waals surface area contributed by atoms with E-state index in [9.17, 15) is 9.90 Å². The lowest BCUT2D eigenvalue weighted by Crippen LogP contribution is -2.49. The number of ether oxygens (including phenoxy) is 1. The molecule has 0 saturated heterocycles. The largest absolute Gasteiger partial charge is 0.507 e. The number of nitrogens with one attached hydrogen (secondary N) is 1. The average Bonchev–Trinajstić information content (AvgIpc) is 2.31. The van der Waals surface area contributed by atoms with Crippen molar-refractivity contribution in [3.63, 3.8) is 0 Å². The van der Waals surface area contributed by atoms with Crippen LogP contribution in [0.5, 0.6) is 5.75 Å². The number of amides is 1. The van der Waals surface area contributed by atoms with Crippen molar-refractivity contribution >= 4 is 5.91 Å². The third-order valence-electron chi connectivity index (χ3n) is 3.75. The summed E-state index contributed by atoms with van der Waals surface area (Å²) >= 11 is 0. The van der Waals surface area contributed by atoms with E-state index in [1.165, 1.54) is 0 Å². The van der Waals surface area contributed by atoms with Crippen LogP contribution in [0.3, 0.4) is 0 Å². The second kappa shape index (κ2) is 4.98. The Labute approximate surface area is 107 Å². The zero-order chi connectivity index (χ0) is 13.2. The quantitative estimate of drug-likeness (QED) is 0.858. The highest BCUT2D eigenvalue weighted by Crippen LogP contribution is 2.34. The summed E-state index contributed by atoms with van der Waals surface area (Å²) in [6.45, 7) is 2.27. The lowest BCUT2D eigenvalue weighted by Gasteiger charge is -2.40. The topological polar surface area (TPSA) is 58.6 Å². The zero-order valence-corrected chi connectivity index (χ0v) is 10.8. The molecule has 4 heteroatoms. The highest BCUT2D eigenvalue weighted by molar-refractivity contribution is 5.97. The predicted molar refractivity (Wildman–Crippen MR) is 68.8 cm³/mol. The lowest BCUT2D eigenvalue weighted by molar-refractivity contribution is -0.0679. The summed E-state index contributed by atoms with van der Waals surface area (Å²) in [6, 6.07) is 5.16. The highest BCUT2D eigenvalue weighted by Gasteiger charge is 2.37. The van der Waals surface area contributed by atoms with Crippen LogP contribution < -0.4 is 5.32 Å². The van der Waals surface area contributed by atoms with Gasteiger partial charge in [-0.2, -0.15) is 0 Å². The minimum absolute atomic E-state index is 0.0510. The summed E-state index contributed by atoms with van der Waals surface area (Å²) in [4.78, 5) is 12.0. The molecule has 1 saturated carbocycles. The molecule has 1 amide bonds. The van der Waals surface area contributed by atoms with Crippen molar-refractivity contribution in [3.8, 4) is 5.75 Å². The van der Waals surface area contributed by atoms with Gasteiger partial charge in [-0.1, -0.05) is 12.1 Å². The molecule has 2 N–H and O–H groups in total. The summed E-state index contributed by atoms with van der Waals surface area (Å²) < 4.78 is 5.44. The van der Waals surface area contributed by atoms with Crippen LogP contribution in [-0.2, 0) is 4.74 Å². The van der Waals surface area contributed by atoms with Crippen molar-refractivity contribution in [1.82, 2.24) is 5.32 Å². The van der Waals surface area contributed by atoms with Gasteiger partial charge in [0.2, 0.25) is 0 Å². The molecule has 0 radical (unpaired) electrons. The monoisotopic (exact) mass is 249 g/mol. The highest BCUT2D eigenvalue weighted by atomic mass is 16.5. The molecular weight excluding hydrogens is 230 g/mol. The Kier molecular flexibility index (Phi) is 3.57. The van der Waals surface area contributed by atoms with E-state index in [-0.39, 0.29) is 17.3 Å². The number of carbonyl (C=O) groups is 1. The van der Waals surface area contributed by atoms with Gasteiger partial charge < -0.3 is 15.2 Å². The fourth-order valence-corrected chi connectivity index (χ4v) is 2.20. The van der Waals surface area contributed by atoms with Crippen molar-refractivity contribution in [2.45, 2.75) is 31.8 Å². The molecule has 1 aliphatic carbocycles. The van der Waals surface area contributed by atoms with Gasteiger partial charge in [-0.15, -0.1) is 0 Å². The lowest BCUT2D eigenvalue weighted by atomic mass is 9.80. The summed E-state index contributed by atoms with van der Waals surface area (Å²) in [6.07, 6.45) is 3.09. The Bertz CT molecular complexity index is 447. The molecule has 0 atom stereocenters. The Balaban J connectivity index is 2.02. The summed E-state index contributed by atoms with van der Waals surface area (Å²) in [5.74, 6) is -0.199. The molecule has 1 aromatic rings. The smallest absolute Gasteiger partial charge is 0.255 e. The van der Waals surface area contributed by atoms with E-state index < -0.39 is 0 Å². The van der Waals surface area contributed by atoms with E-state index in [4.69, 9.17) is 4.74 Å². The van der Waals surface area contributed by atoms with E-state index in [0.29, 0.717) is 17.7 Å². The van der Waals surface area contributed by atoms with Gasteiger partial charge in [0.15, 0.2) is 0 Å². The molecule has 0 aromatic heterocycles. The second-order valence-electron chi connectivity index (χ2n) is 4.89. The van der Waals surface area contributed by atoms with Gasteiger partial charge in [0.05, 0.1) is 11.2 Å². The number of hydrogen-bond donors (Lipinski definition) is 2. The molecule has 0 heterocycles. The number of phenolic OH excluding ortho intramolecular Hbond substituents is 1. The second-order valence-corrected chi connectivity index (χ2v) is 4.89. The van der Waals surface area contributed by atoms with E-state index in [1.807, 2.05) is 0 Å². The van der Waals surface area contributed by atoms with E-state index in [1.54, 1.807) is 32.2 Å². The van der Waals surface area contributed by atoms with Gasteiger partial charge in [0, 0.05) is 13.7 Å². The molecule has 1 fully saturated rings. The molecule has 2 rings (SSSR count). The van der Waals surface area contributed by atoms with Crippen molar-refractivity contribution in [1.29, 1.82) is 0 Å². The molecular formula is C14H19NO3. The van der Waals surface area contributed by atoms with Gasteiger partial charge >= 0.3 is 0 Å². The fraction of sp³-hybridized carbons (Fsp3) is 0.500. The van der Waals surface area contributed by atoms with Crippen LogP contribution in [0.25, 0.3) is 0 Å². The van der Waals surface area contributed by atoms with Crippen LogP contribution in [0, 0.1) is 6.92 Å². The normalized spacial score (nSPS) is 17.0. The first kappa shape index (κ1) is 12.9. The zero-order valence-electron chi connectivity index (χ0n) is 10.8. The van der Waals surface area contributed by atoms with Gasteiger partial charge in [0.1, 0.15) is 5.75 Å². The van der Waals surface area contributed by atoms with Crippen LogP contribution in [0.15, 0.2) is 18.2 Å². The molecule has 1 aliphatic rings. The average molecular weight is 249 g/mol. The Morgan fingerprint density at radius 2 is 2.22 bits per heavy atom. The minimum Gasteiger partial charge on any atom is -0.507 e. The van der Waals surface area contributed by atoms with Crippen molar-refractivity contribution in [3.05, 3.63) is 29.3 Å². The van der Waals surface area contributed by atoms with Crippen LogP contribution in [0.4, 0.5) is 0 Å². The van der Waals surface area contributed by atoms with Gasteiger partial charge in [-0.05, 0) is 37.8 Å². The first-order valence-electron chi connectivity index (χ1n) is 6.20. The Morgan fingerprint density at radius 1 is 1.50 bits per heavy atom. The summed E-state index contributed by atoms with van der Waals surface area (Å²) in [7, 11) is 1.68. The first-order chi connectivity index (χ1) is 8.58. The Morgan fingerprint density at radius 3 is 2.78 bits per heavy atom. The molecule has 0 spiro atoms. The van der Waals surface area contributed by atoms with Gasteiger partial charge in [0.25, 0.3) is 5.91 Å². The number of methoxy groups -OCH3 is 1. The summed E-state index contributed by atoms with van der Waals surface area (Å²) in [5, 5.41) is 12.7. The first-order valence-corrected chi connectivity index (χ1v) is 6.20. The number of aromatic hydroxyl groups is 1. The molecule has 0 unspecified atom stereocenters. The number of para-hydroxylation sites is 1. The molecule has 1 aromatic carbocycles. The van der Waals surface area contributed by atoms with Gasteiger partial charge in [-0.25, -0.2) is 0 Å². The standard InChI is InChI=1S/C14H19NO3/c1-10-5-3-6-11(12(10)16)13(17)15-9-14(18-2)7-4-8-14/h3,5-6,16H,4,7-9H2,1-2H3,(H,15,17). The summed E-state index contributed by atoms with van der Waals surface area (Å²) in [5.41, 5.74) is 0.822. The maximum absolute atomic E-state index is 12.0. The third kappa shape index (κ3) is 2.34. The van der Waals surface area contributed by atoms with Crippen molar-refractivity contribution in [2.24, 2.45) is 0 Å². The molecule has 0 aliphatic heterocycles. The number of rotatable bonds is 4. The minimum atomic E-state index is -0.250. The predicted octanol–water partition coefficient (Wildman–Crippen LogP) is 2.00. The van der Waals surface area contributed by atoms with E-state index >= 15 is 0 Å². The third-order valence-corrected chi connectivity index (χ3v) is 3.75. The number of carbonyl (C=O) groups excluding carboxylic acids is 1. The maximum atomic E-state index is 12.0. The van der Waals surface area contributed by atoms with Crippen LogP contribution >= 0.6 is 0 Å². The van der Waals surface area contributed by atoms with Crippen molar-refractivity contribution in [2.75, 3.05) is 13.7 Å². The SMILES string of the molecule is COC1(CNC(=O)c2cccc(C)c2O)CCC1. The van der Waals surface area contributed by atoms with E-state index in [0.717, 1.165) is 19.3 Å². The number of phenols is 1. The van der Waals surface area contributed by atoms with Crippen LogP contribution in [-0.4, -0.2) is 30.3 Å². The van der Waals surface area contributed by atoms with Gasteiger partial charge in [-0.3, -0.25) is 4.79 Å². The molecule has 4 nitrogen and oxygen atoms in total. The fourth-order valence-electron chi connectivity index (χ4n) is 2.20. The van der Waals surface area contributed by atoms with Crippen LogP contribution in [0.2, 0.25) is 0 Å². The number of aryl methyl sites for hydroxylation is 1.